The van der Waals surface area contributed by atoms with Crippen LogP contribution in [0.1, 0.15) is 58.8 Å². The number of nitrogens with zero attached hydrogens (tertiary/aromatic N) is 1. The summed E-state index contributed by atoms with van der Waals surface area (Å²) in [6.07, 6.45) is -2.23. The normalized spacial score (nSPS) is 23.4. The first-order valence-corrected chi connectivity index (χ1v) is 10.6. The zero-order chi connectivity index (χ0) is 22.9. The highest BCUT2D eigenvalue weighted by atomic mass is 19.4. The molecule has 2 saturated heterocycles. The van der Waals surface area contributed by atoms with E-state index in [0.717, 1.165) is 17.7 Å². The Morgan fingerprint density at radius 2 is 1.81 bits per heavy atom. The smallest absolute Gasteiger partial charge is 0.380 e. The van der Waals surface area contributed by atoms with Gasteiger partial charge in [-0.25, -0.2) is 0 Å². The molecule has 4 rings (SSSR count). The molecule has 2 amide bonds. The number of halogens is 3. The Bertz CT molecular complexity index is 973. The fourth-order valence-corrected chi connectivity index (χ4v) is 4.72. The molecule has 0 radical (unpaired) electrons. The second-order valence-electron chi connectivity index (χ2n) is 8.35. The van der Waals surface area contributed by atoms with E-state index in [2.05, 4.69) is 5.32 Å². The minimum absolute atomic E-state index is 0.0538. The van der Waals surface area contributed by atoms with E-state index in [0.29, 0.717) is 43.4 Å². The van der Waals surface area contributed by atoms with Crippen LogP contribution in [0, 0.1) is 0 Å². The number of benzene rings is 2. The SMILES string of the molecule is COCc1ccc(C(=O)N2[C@@H]3CCCC(=O)N[C@H]3C[C@H]2c2ccc(C(F)(F)F)cc2)cc1. The van der Waals surface area contributed by atoms with Crippen molar-refractivity contribution in [3.05, 3.63) is 70.8 Å². The second kappa shape index (κ2) is 8.94. The average molecular weight is 446 g/mol. The van der Waals surface area contributed by atoms with Crippen molar-refractivity contribution in [2.24, 2.45) is 0 Å². The highest BCUT2D eigenvalue weighted by molar-refractivity contribution is 5.95. The summed E-state index contributed by atoms with van der Waals surface area (Å²) in [5.41, 5.74) is 1.33. The fourth-order valence-electron chi connectivity index (χ4n) is 4.72. The minimum Gasteiger partial charge on any atom is -0.380 e. The summed E-state index contributed by atoms with van der Waals surface area (Å²) >= 11 is 0. The van der Waals surface area contributed by atoms with Gasteiger partial charge in [0.1, 0.15) is 0 Å². The molecule has 0 bridgehead atoms. The lowest BCUT2D eigenvalue weighted by Crippen LogP contribution is -2.45. The Balaban J connectivity index is 1.67. The molecule has 2 aliphatic heterocycles. The van der Waals surface area contributed by atoms with Gasteiger partial charge >= 0.3 is 6.18 Å². The first-order valence-electron chi connectivity index (χ1n) is 10.6. The number of carbonyl (C=O) groups excluding carboxylic acids is 2. The molecule has 5 nitrogen and oxygen atoms in total. The lowest BCUT2D eigenvalue weighted by molar-refractivity contribution is -0.137. The van der Waals surface area contributed by atoms with Crippen molar-refractivity contribution in [1.82, 2.24) is 10.2 Å². The van der Waals surface area contributed by atoms with E-state index >= 15 is 0 Å². The molecule has 0 saturated carbocycles. The molecule has 2 aromatic carbocycles. The number of hydrogen-bond acceptors (Lipinski definition) is 3. The summed E-state index contributed by atoms with van der Waals surface area (Å²) in [5.74, 6) is -0.246. The van der Waals surface area contributed by atoms with Crippen LogP contribution in [-0.2, 0) is 22.3 Å². The zero-order valence-electron chi connectivity index (χ0n) is 17.7. The predicted molar refractivity (Wildman–Crippen MR) is 112 cm³/mol. The van der Waals surface area contributed by atoms with Gasteiger partial charge < -0.3 is 15.0 Å². The molecule has 32 heavy (non-hydrogen) atoms. The van der Waals surface area contributed by atoms with E-state index in [1.807, 2.05) is 12.1 Å². The van der Waals surface area contributed by atoms with Crippen molar-refractivity contribution in [2.45, 2.75) is 56.6 Å². The van der Waals surface area contributed by atoms with Gasteiger partial charge in [-0.3, -0.25) is 9.59 Å². The third kappa shape index (κ3) is 4.50. The zero-order valence-corrected chi connectivity index (χ0v) is 17.7. The van der Waals surface area contributed by atoms with Gasteiger partial charge in [0.05, 0.1) is 30.3 Å². The topological polar surface area (TPSA) is 58.6 Å². The summed E-state index contributed by atoms with van der Waals surface area (Å²) in [7, 11) is 1.60. The van der Waals surface area contributed by atoms with E-state index in [1.54, 1.807) is 24.1 Å². The van der Waals surface area contributed by atoms with Crippen LogP contribution in [0.25, 0.3) is 0 Å². The molecule has 0 unspecified atom stereocenters. The molecular formula is C24H25F3N2O3. The monoisotopic (exact) mass is 446 g/mol. The van der Waals surface area contributed by atoms with Crippen LogP contribution in [-0.4, -0.2) is 35.9 Å². The summed E-state index contributed by atoms with van der Waals surface area (Å²) in [4.78, 5) is 27.4. The number of likely N-dealkylation sites (tertiary alicyclic amines) is 1. The van der Waals surface area contributed by atoms with Crippen molar-refractivity contribution in [2.75, 3.05) is 7.11 Å². The molecule has 2 fully saturated rings. The summed E-state index contributed by atoms with van der Waals surface area (Å²) < 4.78 is 44.2. The summed E-state index contributed by atoms with van der Waals surface area (Å²) in [6.45, 7) is 0.434. The second-order valence-corrected chi connectivity index (χ2v) is 8.35. The number of ether oxygens (including phenoxy) is 1. The predicted octanol–water partition coefficient (Wildman–Crippen LogP) is 4.48. The van der Waals surface area contributed by atoms with Crippen molar-refractivity contribution >= 4 is 11.8 Å². The number of hydrogen-bond donors (Lipinski definition) is 1. The van der Waals surface area contributed by atoms with Crippen LogP contribution in [0.15, 0.2) is 48.5 Å². The lowest BCUT2D eigenvalue weighted by atomic mass is 10.0. The van der Waals surface area contributed by atoms with Gasteiger partial charge in [-0.15, -0.1) is 0 Å². The number of alkyl halides is 3. The average Bonchev–Trinajstić information content (AvgIpc) is 3.01. The summed E-state index contributed by atoms with van der Waals surface area (Å²) in [6, 6.07) is 11.2. The van der Waals surface area contributed by atoms with E-state index in [4.69, 9.17) is 4.74 Å². The Morgan fingerprint density at radius 1 is 1.12 bits per heavy atom. The third-order valence-electron chi connectivity index (χ3n) is 6.25. The Hall–Kier alpha value is -2.87. The quantitative estimate of drug-likeness (QED) is 0.754. The molecule has 0 aromatic heterocycles. The molecule has 2 aliphatic rings. The maximum absolute atomic E-state index is 13.6. The Morgan fingerprint density at radius 3 is 2.44 bits per heavy atom. The standard InChI is InChI=1S/C24H25F3N2O3/c1-32-14-15-5-7-17(8-6-15)23(31)29-20-3-2-4-22(30)28-19(20)13-21(29)16-9-11-18(12-10-16)24(25,26)27/h5-12,19-21H,2-4,13-14H2,1H3,(H,28,30)/t19-,20+,21-/m0/s1. The lowest BCUT2D eigenvalue weighted by Gasteiger charge is -2.31. The van der Waals surface area contributed by atoms with Gasteiger partial charge in [0.25, 0.3) is 5.91 Å². The van der Waals surface area contributed by atoms with Gasteiger partial charge in [0.2, 0.25) is 5.91 Å². The number of amides is 2. The molecular weight excluding hydrogens is 421 g/mol. The maximum atomic E-state index is 13.6. The molecule has 8 heteroatoms. The molecule has 0 aliphatic carbocycles. The van der Waals surface area contributed by atoms with Crippen molar-refractivity contribution in [3.8, 4) is 0 Å². The van der Waals surface area contributed by atoms with E-state index in [-0.39, 0.29) is 23.9 Å². The van der Waals surface area contributed by atoms with Crippen LogP contribution in [0.5, 0.6) is 0 Å². The van der Waals surface area contributed by atoms with Crippen LogP contribution in [0.3, 0.4) is 0 Å². The van der Waals surface area contributed by atoms with Gasteiger partial charge in [-0.05, 0) is 54.7 Å². The van der Waals surface area contributed by atoms with E-state index < -0.39 is 17.8 Å². The van der Waals surface area contributed by atoms with Gasteiger partial charge in [0.15, 0.2) is 0 Å². The first kappa shape index (κ1) is 22.3. The van der Waals surface area contributed by atoms with Gasteiger partial charge in [0, 0.05) is 19.1 Å². The van der Waals surface area contributed by atoms with Crippen molar-refractivity contribution in [3.63, 3.8) is 0 Å². The molecule has 0 spiro atoms. The number of rotatable bonds is 4. The summed E-state index contributed by atoms with van der Waals surface area (Å²) in [5, 5.41) is 3.01. The molecule has 2 aromatic rings. The van der Waals surface area contributed by atoms with Gasteiger partial charge in [-0.2, -0.15) is 13.2 Å². The minimum atomic E-state index is -4.42. The highest BCUT2D eigenvalue weighted by Gasteiger charge is 2.46. The van der Waals surface area contributed by atoms with Crippen molar-refractivity contribution < 1.29 is 27.5 Å². The van der Waals surface area contributed by atoms with E-state index in [1.165, 1.54) is 12.1 Å². The van der Waals surface area contributed by atoms with E-state index in [9.17, 15) is 22.8 Å². The van der Waals surface area contributed by atoms with Crippen LogP contribution >= 0.6 is 0 Å². The van der Waals surface area contributed by atoms with Crippen LogP contribution in [0.2, 0.25) is 0 Å². The maximum Gasteiger partial charge on any atom is 0.416 e. The largest absolute Gasteiger partial charge is 0.416 e. The fraction of sp³-hybridized carbons (Fsp3) is 0.417. The molecule has 170 valence electrons. The molecule has 1 N–H and O–H groups in total. The van der Waals surface area contributed by atoms with Crippen LogP contribution < -0.4 is 5.32 Å². The van der Waals surface area contributed by atoms with Crippen LogP contribution in [0.4, 0.5) is 13.2 Å². The third-order valence-corrected chi connectivity index (χ3v) is 6.25. The number of nitrogens with one attached hydrogen (secondary N) is 1. The number of fused-ring (bicyclic) bond motifs is 1. The number of carbonyl (C=O) groups is 2. The Labute approximate surface area is 184 Å². The first-order chi connectivity index (χ1) is 15.3. The molecule has 3 atom stereocenters. The Kier molecular flexibility index (Phi) is 6.24. The van der Waals surface area contributed by atoms with Crippen molar-refractivity contribution in [1.29, 1.82) is 0 Å². The molecule has 2 heterocycles. The van der Waals surface area contributed by atoms with Gasteiger partial charge in [-0.1, -0.05) is 24.3 Å². The highest BCUT2D eigenvalue weighted by Crippen LogP contribution is 2.41. The number of methoxy groups -OCH3 is 1.